The molecule has 0 aliphatic carbocycles. The second-order valence-corrected chi connectivity index (χ2v) is 4.11. The predicted molar refractivity (Wildman–Crippen MR) is 59.8 cm³/mol. The molecule has 2 rings (SSSR count). The molecule has 0 bridgehead atoms. The topological polar surface area (TPSA) is 59.4 Å². The van der Waals surface area contributed by atoms with Crippen LogP contribution in [0.15, 0.2) is 36.0 Å². The van der Waals surface area contributed by atoms with E-state index >= 15 is 0 Å². The maximum atomic E-state index is 10.7. The number of hydrogen-bond donors (Lipinski definition) is 1. The molecule has 4 nitrogen and oxygen atoms in total. The second kappa shape index (κ2) is 4.76. The summed E-state index contributed by atoms with van der Waals surface area (Å²) in [4.78, 5) is 15.6. The molecule has 0 atom stereocenters. The molecule has 0 saturated heterocycles. The normalized spacial score (nSPS) is 10.0. The molecular formula is C11H9NO3S. The molecule has 0 saturated carbocycles. The van der Waals surface area contributed by atoms with Gasteiger partial charge in [0.05, 0.1) is 11.8 Å². The van der Waals surface area contributed by atoms with E-state index in [1.165, 1.54) is 18.5 Å². The minimum atomic E-state index is -1.01. The standard InChI is InChI=1S/C11H9NO3S/c13-11(14)8-4-9(6-12-5-8)15-7-10-2-1-3-16-10/h1-6H,7H2,(H,13,14). The van der Waals surface area contributed by atoms with Gasteiger partial charge in [0.2, 0.25) is 0 Å². The van der Waals surface area contributed by atoms with Crippen LogP contribution in [0.25, 0.3) is 0 Å². The molecule has 0 aliphatic rings. The molecule has 0 amide bonds. The van der Waals surface area contributed by atoms with Gasteiger partial charge in [0.1, 0.15) is 12.4 Å². The lowest BCUT2D eigenvalue weighted by atomic mass is 10.3. The van der Waals surface area contributed by atoms with E-state index in [2.05, 4.69) is 4.98 Å². The molecule has 0 aromatic carbocycles. The van der Waals surface area contributed by atoms with Gasteiger partial charge >= 0.3 is 5.97 Å². The first-order valence-electron chi connectivity index (χ1n) is 4.59. The zero-order chi connectivity index (χ0) is 11.4. The van der Waals surface area contributed by atoms with Crippen LogP contribution < -0.4 is 4.74 Å². The summed E-state index contributed by atoms with van der Waals surface area (Å²) in [5.41, 5.74) is 0.128. The van der Waals surface area contributed by atoms with Crippen LogP contribution >= 0.6 is 11.3 Å². The van der Waals surface area contributed by atoms with Crippen molar-refractivity contribution in [3.63, 3.8) is 0 Å². The van der Waals surface area contributed by atoms with Crippen LogP contribution in [-0.2, 0) is 6.61 Å². The van der Waals surface area contributed by atoms with Crippen LogP contribution in [0.2, 0.25) is 0 Å². The number of rotatable bonds is 4. The van der Waals surface area contributed by atoms with Crippen molar-refractivity contribution >= 4 is 17.3 Å². The number of aromatic carboxylic acids is 1. The maximum Gasteiger partial charge on any atom is 0.337 e. The molecule has 0 fully saturated rings. The number of aromatic nitrogens is 1. The zero-order valence-corrected chi connectivity index (χ0v) is 9.11. The van der Waals surface area contributed by atoms with Crippen molar-refractivity contribution < 1.29 is 14.6 Å². The van der Waals surface area contributed by atoms with E-state index in [1.807, 2.05) is 17.5 Å². The number of nitrogens with zero attached hydrogens (tertiary/aromatic N) is 1. The quantitative estimate of drug-likeness (QED) is 0.884. The zero-order valence-electron chi connectivity index (χ0n) is 8.29. The second-order valence-electron chi connectivity index (χ2n) is 3.08. The van der Waals surface area contributed by atoms with Gasteiger partial charge in [0, 0.05) is 11.1 Å². The Labute approximate surface area is 96.1 Å². The van der Waals surface area contributed by atoms with Crippen LogP contribution in [0, 0.1) is 0 Å². The molecule has 0 aliphatic heterocycles. The summed E-state index contributed by atoms with van der Waals surface area (Å²) in [5.74, 6) is -0.539. The van der Waals surface area contributed by atoms with Crippen LogP contribution in [0.3, 0.4) is 0 Å². The molecule has 0 unspecified atom stereocenters. The number of thiophene rings is 1. The Hall–Kier alpha value is -1.88. The van der Waals surface area contributed by atoms with E-state index in [1.54, 1.807) is 11.3 Å². The van der Waals surface area contributed by atoms with Gasteiger partial charge in [-0.05, 0) is 17.5 Å². The van der Waals surface area contributed by atoms with Crippen molar-refractivity contribution in [1.29, 1.82) is 0 Å². The SMILES string of the molecule is O=C(O)c1cncc(OCc2cccs2)c1. The Morgan fingerprint density at radius 1 is 1.50 bits per heavy atom. The average Bonchev–Trinajstić information content (AvgIpc) is 2.79. The third-order valence-corrected chi connectivity index (χ3v) is 2.77. The molecule has 16 heavy (non-hydrogen) atoms. The summed E-state index contributed by atoms with van der Waals surface area (Å²) < 4.78 is 5.43. The first-order valence-corrected chi connectivity index (χ1v) is 5.47. The number of carboxylic acids is 1. The maximum absolute atomic E-state index is 10.7. The fraction of sp³-hybridized carbons (Fsp3) is 0.0909. The van der Waals surface area contributed by atoms with Gasteiger partial charge in [-0.1, -0.05) is 6.07 Å². The molecule has 1 N–H and O–H groups in total. The number of carboxylic acid groups (broad SMARTS) is 1. The summed E-state index contributed by atoms with van der Waals surface area (Å²) in [6.07, 6.45) is 2.79. The Morgan fingerprint density at radius 2 is 2.38 bits per heavy atom. The van der Waals surface area contributed by atoms with E-state index in [4.69, 9.17) is 9.84 Å². The number of hydrogen-bond acceptors (Lipinski definition) is 4. The summed E-state index contributed by atoms with van der Waals surface area (Å²) in [5, 5.41) is 10.7. The lowest BCUT2D eigenvalue weighted by Crippen LogP contribution is -1.99. The highest BCUT2D eigenvalue weighted by atomic mass is 32.1. The lowest BCUT2D eigenvalue weighted by Gasteiger charge is -2.04. The van der Waals surface area contributed by atoms with Gasteiger partial charge in [-0.2, -0.15) is 0 Å². The third kappa shape index (κ3) is 2.58. The van der Waals surface area contributed by atoms with E-state index < -0.39 is 5.97 Å². The number of ether oxygens (including phenoxy) is 1. The van der Waals surface area contributed by atoms with Gasteiger partial charge in [0.25, 0.3) is 0 Å². The first-order chi connectivity index (χ1) is 7.75. The van der Waals surface area contributed by atoms with Crippen molar-refractivity contribution in [3.05, 3.63) is 46.4 Å². The van der Waals surface area contributed by atoms with Crippen molar-refractivity contribution in [1.82, 2.24) is 4.98 Å². The van der Waals surface area contributed by atoms with Gasteiger partial charge in [-0.3, -0.25) is 4.98 Å². The van der Waals surface area contributed by atoms with Crippen LogP contribution in [0.1, 0.15) is 15.2 Å². The van der Waals surface area contributed by atoms with Crippen LogP contribution in [-0.4, -0.2) is 16.1 Å². The van der Waals surface area contributed by atoms with Crippen molar-refractivity contribution in [2.24, 2.45) is 0 Å². The van der Waals surface area contributed by atoms with Crippen molar-refractivity contribution in [2.75, 3.05) is 0 Å². The van der Waals surface area contributed by atoms with Crippen molar-refractivity contribution in [3.8, 4) is 5.75 Å². The summed E-state index contributed by atoms with van der Waals surface area (Å²) >= 11 is 1.59. The van der Waals surface area contributed by atoms with Crippen LogP contribution in [0.5, 0.6) is 5.75 Å². The Balaban J connectivity index is 2.04. The Morgan fingerprint density at radius 3 is 3.06 bits per heavy atom. The molecule has 82 valence electrons. The third-order valence-electron chi connectivity index (χ3n) is 1.92. The van der Waals surface area contributed by atoms with Crippen LogP contribution in [0.4, 0.5) is 0 Å². The van der Waals surface area contributed by atoms with Crippen molar-refractivity contribution in [2.45, 2.75) is 6.61 Å². The predicted octanol–water partition coefficient (Wildman–Crippen LogP) is 2.42. The van der Waals surface area contributed by atoms with E-state index in [0.29, 0.717) is 12.4 Å². The van der Waals surface area contributed by atoms with Gasteiger partial charge in [-0.15, -0.1) is 11.3 Å². The first kappa shape index (κ1) is 10.6. The van der Waals surface area contributed by atoms with E-state index in [0.717, 1.165) is 4.88 Å². The van der Waals surface area contributed by atoms with E-state index in [9.17, 15) is 4.79 Å². The molecule has 2 aromatic rings. The highest BCUT2D eigenvalue weighted by Gasteiger charge is 2.05. The van der Waals surface area contributed by atoms with Gasteiger partial charge in [0.15, 0.2) is 0 Å². The molecule has 2 heterocycles. The highest BCUT2D eigenvalue weighted by molar-refractivity contribution is 7.09. The fourth-order valence-electron chi connectivity index (χ4n) is 1.16. The summed E-state index contributed by atoms with van der Waals surface area (Å²) in [6, 6.07) is 5.36. The minimum Gasteiger partial charge on any atom is -0.486 e. The number of pyridine rings is 1. The molecule has 0 radical (unpaired) electrons. The molecule has 0 spiro atoms. The highest BCUT2D eigenvalue weighted by Crippen LogP contribution is 2.15. The van der Waals surface area contributed by atoms with Gasteiger partial charge < -0.3 is 9.84 Å². The molecule has 5 heteroatoms. The Kier molecular flexibility index (Phi) is 3.16. The minimum absolute atomic E-state index is 0.128. The molecule has 2 aromatic heterocycles. The van der Waals surface area contributed by atoms with Gasteiger partial charge in [-0.25, -0.2) is 4.79 Å². The smallest absolute Gasteiger partial charge is 0.337 e. The fourth-order valence-corrected chi connectivity index (χ4v) is 1.78. The average molecular weight is 235 g/mol. The largest absolute Gasteiger partial charge is 0.486 e. The monoisotopic (exact) mass is 235 g/mol. The lowest BCUT2D eigenvalue weighted by molar-refractivity contribution is 0.0696. The molecular weight excluding hydrogens is 226 g/mol. The Bertz CT molecular complexity index is 482. The number of carbonyl (C=O) groups is 1. The van der Waals surface area contributed by atoms with E-state index in [-0.39, 0.29) is 5.56 Å². The summed E-state index contributed by atoms with van der Waals surface area (Å²) in [7, 11) is 0. The summed E-state index contributed by atoms with van der Waals surface area (Å²) in [6.45, 7) is 0.433.